The Hall–Kier alpha value is -0.300. The molecule has 1 rings (SSSR count). The summed E-state index contributed by atoms with van der Waals surface area (Å²) in [6.45, 7) is 0. The van der Waals surface area contributed by atoms with E-state index in [0.717, 1.165) is 0 Å². The van der Waals surface area contributed by atoms with Gasteiger partial charge in [0.1, 0.15) is 0 Å². The zero-order chi connectivity index (χ0) is 11.0. The molecule has 14 heavy (non-hydrogen) atoms. The first-order valence-electron chi connectivity index (χ1n) is 4.12. The first-order valence-corrected chi connectivity index (χ1v) is 5.94. The molecule has 1 aliphatic rings. The summed E-state index contributed by atoms with van der Waals surface area (Å²) >= 11 is 0. The Labute approximate surface area is 79.8 Å². The van der Waals surface area contributed by atoms with E-state index in [0.29, 0.717) is 0 Å². The lowest BCUT2D eigenvalue weighted by Gasteiger charge is -2.20. The monoisotopic (exact) mass is 232 g/mol. The van der Waals surface area contributed by atoms with Crippen LogP contribution in [0.5, 0.6) is 0 Å². The van der Waals surface area contributed by atoms with Crippen molar-refractivity contribution in [2.45, 2.75) is 31.0 Å². The topological polar surface area (TPSA) is 54.4 Å². The first-order chi connectivity index (χ1) is 6.12. The molecule has 0 bridgehead atoms. The van der Waals surface area contributed by atoms with Crippen LogP contribution in [0.4, 0.5) is 13.2 Å². The Morgan fingerprint density at radius 2 is 1.93 bits per heavy atom. The summed E-state index contributed by atoms with van der Waals surface area (Å²) < 4.78 is 57.3. The predicted octanol–water partition coefficient (Wildman–Crippen LogP) is 0.879. The Balaban J connectivity index is 2.54. The number of hydrogen-bond acceptors (Lipinski definition) is 3. The molecule has 0 aliphatic carbocycles. The maximum absolute atomic E-state index is 11.8. The fraction of sp³-hybridized carbons (Fsp3) is 1.00. The van der Waals surface area contributed by atoms with Gasteiger partial charge in [-0.15, -0.1) is 0 Å². The van der Waals surface area contributed by atoms with Crippen LogP contribution in [0.1, 0.15) is 19.3 Å². The maximum Gasteiger partial charge on any atom is 0.389 e. The SMILES string of the molecule is O=S1(=O)CCC(O)(CCC(F)(F)F)C1. The van der Waals surface area contributed by atoms with Gasteiger partial charge in [0.05, 0.1) is 17.1 Å². The molecule has 1 aliphatic heterocycles. The number of aliphatic hydroxyl groups is 1. The van der Waals surface area contributed by atoms with E-state index in [-0.39, 0.29) is 12.2 Å². The summed E-state index contributed by atoms with van der Waals surface area (Å²) in [4.78, 5) is 0. The molecule has 1 atom stereocenters. The maximum atomic E-state index is 11.8. The number of hydrogen-bond donors (Lipinski definition) is 1. The third kappa shape index (κ3) is 3.45. The molecule has 0 aromatic carbocycles. The molecule has 1 fully saturated rings. The molecule has 0 aromatic heterocycles. The van der Waals surface area contributed by atoms with E-state index in [1.807, 2.05) is 0 Å². The van der Waals surface area contributed by atoms with Crippen LogP contribution in [0.25, 0.3) is 0 Å². The summed E-state index contributed by atoms with van der Waals surface area (Å²) in [5.74, 6) is -0.766. The third-order valence-electron chi connectivity index (χ3n) is 2.24. The van der Waals surface area contributed by atoms with Crippen LogP contribution in [0, 0.1) is 0 Å². The van der Waals surface area contributed by atoms with Gasteiger partial charge < -0.3 is 5.11 Å². The van der Waals surface area contributed by atoms with E-state index in [1.165, 1.54) is 0 Å². The number of sulfone groups is 1. The van der Waals surface area contributed by atoms with Crippen LogP contribution in [0.3, 0.4) is 0 Å². The normalized spacial score (nSPS) is 32.0. The van der Waals surface area contributed by atoms with Crippen molar-refractivity contribution >= 4 is 9.84 Å². The van der Waals surface area contributed by atoms with E-state index < -0.39 is 40.2 Å². The summed E-state index contributed by atoms with van der Waals surface area (Å²) in [6.07, 6.45) is -6.11. The van der Waals surface area contributed by atoms with Gasteiger partial charge in [0.2, 0.25) is 0 Å². The summed E-state index contributed by atoms with van der Waals surface area (Å²) in [5.41, 5.74) is -1.67. The molecule has 0 amide bonds. The summed E-state index contributed by atoms with van der Waals surface area (Å²) in [6, 6.07) is 0. The number of rotatable bonds is 2. The highest BCUT2D eigenvalue weighted by molar-refractivity contribution is 7.91. The van der Waals surface area contributed by atoms with Gasteiger partial charge in [-0.2, -0.15) is 13.2 Å². The molecule has 0 aromatic rings. The van der Waals surface area contributed by atoms with Crippen molar-refractivity contribution in [3.05, 3.63) is 0 Å². The van der Waals surface area contributed by atoms with Crippen LogP contribution >= 0.6 is 0 Å². The molecule has 1 saturated heterocycles. The van der Waals surface area contributed by atoms with Gasteiger partial charge in [0.25, 0.3) is 0 Å². The minimum atomic E-state index is -4.35. The molecule has 1 N–H and O–H groups in total. The fourth-order valence-electron chi connectivity index (χ4n) is 1.47. The molecule has 3 nitrogen and oxygen atoms in total. The minimum absolute atomic E-state index is 0.0919. The Kier molecular flexibility index (Phi) is 2.84. The van der Waals surface area contributed by atoms with Gasteiger partial charge in [0.15, 0.2) is 9.84 Å². The quantitative estimate of drug-likeness (QED) is 0.768. The standard InChI is InChI=1S/C7H11F3O3S/c8-7(9,10)2-1-6(11)3-4-14(12,13)5-6/h11H,1-5H2. The smallest absolute Gasteiger partial charge is 0.389 e. The second-order valence-electron chi connectivity index (χ2n) is 3.68. The van der Waals surface area contributed by atoms with Crippen molar-refractivity contribution < 1.29 is 26.7 Å². The van der Waals surface area contributed by atoms with E-state index in [4.69, 9.17) is 0 Å². The van der Waals surface area contributed by atoms with Gasteiger partial charge in [0, 0.05) is 6.42 Å². The molecular weight excluding hydrogens is 221 g/mol. The summed E-state index contributed by atoms with van der Waals surface area (Å²) in [7, 11) is -3.34. The minimum Gasteiger partial charge on any atom is -0.389 e. The molecule has 84 valence electrons. The third-order valence-corrected chi connectivity index (χ3v) is 4.04. The highest BCUT2D eigenvalue weighted by atomic mass is 32.2. The van der Waals surface area contributed by atoms with Gasteiger partial charge in [-0.05, 0) is 12.8 Å². The lowest BCUT2D eigenvalue weighted by Crippen LogP contribution is -2.31. The molecule has 0 radical (unpaired) electrons. The second-order valence-corrected chi connectivity index (χ2v) is 5.87. The van der Waals surface area contributed by atoms with Crippen LogP contribution in [-0.4, -0.2) is 36.8 Å². The van der Waals surface area contributed by atoms with E-state index in [1.54, 1.807) is 0 Å². The van der Waals surface area contributed by atoms with Crippen LogP contribution in [-0.2, 0) is 9.84 Å². The van der Waals surface area contributed by atoms with Crippen molar-refractivity contribution in [3.63, 3.8) is 0 Å². The van der Waals surface area contributed by atoms with Gasteiger partial charge in [-0.25, -0.2) is 8.42 Å². The van der Waals surface area contributed by atoms with Crippen molar-refractivity contribution in [2.24, 2.45) is 0 Å². The van der Waals surface area contributed by atoms with E-state index >= 15 is 0 Å². The van der Waals surface area contributed by atoms with Crippen LogP contribution in [0.15, 0.2) is 0 Å². The van der Waals surface area contributed by atoms with Crippen molar-refractivity contribution in [2.75, 3.05) is 11.5 Å². The molecule has 1 unspecified atom stereocenters. The Morgan fingerprint density at radius 3 is 2.29 bits per heavy atom. The molecule has 7 heteroatoms. The fourth-order valence-corrected chi connectivity index (χ4v) is 3.41. The van der Waals surface area contributed by atoms with Crippen molar-refractivity contribution in [1.29, 1.82) is 0 Å². The average molecular weight is 232 g/mol. The van der Waals surface area contributed by atoms with Crippen LogP contribution in [0.2, 0.25) is 0 Å². The Bertz CT molecular complexity index is 309. The number of alkyl halides is 3. The molecular formula is C7H11F3O3S. The highest BCUT2D eigenvalue weighted by Gasteiger charge is 2.42. The molecule has 0 spiro atoms. The Morgan fingerprint density at radius 1 is 1.36 bits per heavy atom. The van der Waals surface area contributed by atoms with Gasteiger partial charge >= 0.3 is 6.18 Å². The van der Waals surface area contributed by atoms with Gasteiger partial charge in [-0.3, -0.25) is 0 Å². The average Bonchev–Trinajstić information content (AvgIpc) is 2.22. The lowest BCUT2D eigenvalue weighted by molar-refractivity contribution is -0.145. The molecule has 1 heterocycles. The van der Waals surface area contributed by atoms with Crippen molar-refractivity contribution in [3.8, 4) is 0 Å². The van der Waals surface area contributed by atoms with Crippen LogP contribution < -0.4 is 0 Å². The van der Waals surface area contributed by atoms with E-state index in [2.05, 4.69) is 0 Å². The van der Waals surface area contributed by atoms with E-state index in [9.17, 15) is 26.7 Å². The largest absolute Gasteiger partial charge is 0.389 e. The second kappa shape index (κ2) is 3.37. The van der Waals surface area contributed by atoms with Crippen molar-refractivity contribution in [1.82, 2.24) is 0 Å². The predicted molar refractivity (Wildman–Crippen MR) is 43.5 cm³/mol. The first kappa shape index (κ1) is 11.8. The summed E-state index contributed by atoms with van der Waals surface area (Å²) in [5, 5.41) is 9.51. The lowest BCUT2D eigenvalue weighted by atomic mass is 9.97. The van der Waals surface area contributed by atoms with Gasteiger partial charge in [-0.1, -0.05) is 0 Å². The zero-order valence-electron chi connectivity index (χ0n) is 7.34. The molecule has 0 saturated carbocycles. The highest BCUT2D eigenvalue weighted by Crippen LogP contribution is 2.32. The zero-order valence-corrected chi connectivity index (χ0v) is 8.16. The number of halogens is 3.